The number of halogens is 3. The number of aromatic nitrogens is 3. The molecule has 1 heterocycles. The average molecular weight is 540 g/mol. The second-order valence-corrected chi connectivity index (χ2v) is 10.9. The van der Waals surface area contributed by atoms with Gasteiger partial charge >= 0.3 is 0 Å². The van der Waals surface area contributed by atoms with Crippen molar-refractivity contribution in [1.29, 1.82) is 0 Å². The highest BCUT2D eigenvalue weighted by atomic mass is 35.5. The van der Waals surface area contributed by atoms with Crippen LogP contribution in [-0.2, 0) is 22.3 Å². The first-order valence-electron chi connectivity index (χ1n) is 9.65. The number of rotatable bonds is 8. The lowest BCUT2D eigenvalue weighted by Crippen LogP contribution is -2.25. The van der Waals surface area contributed by atoms with Crippen LogP contribution in [0, 0.1) is 0 Å². The summed E-state index contributed by atoms with van der Waals surface area (Å²) in [4.78, 5) is 0.0948. The third-order valence-corrected chi connectivity index (χ3v) is 7.83. The molecule has 170 valence electrons. The molecule has 4 rings (SSSR count). The topological polar surface area (TPSA) is 76.9 Å². The maximum absolute atomic E-state index is 12.7. The van der Waals surface area contributed by atoms with Crippen molar-refractivity contribution in [1.82, 2.24) is 19.5 Å². The number of benzene rings is 3. The van der Waals surface area contributed by atoms with E-state index in [4.69, 9.17) is 34.8 Å². The Morgan fingerprint density at radius 2 is 1.58 bits per heavy atom. The molecule has 0 aliphatic rings. The van der Waals surface area contributed by atoms with Gasteiger partial charge in [-0.25, -0.2) is 13.1 Å². The van der Waals surface area contributed by atoms with E-state index in [0.29, 0.717) is 37.5 Å². The summed E-state index contributed by atoms with van der Waals surface area (Å²) in [6, 6.07) is 20.9. The molecule has 0 amide bonds. The molecule has 0 bridgehead atoms. The highest BCUT2D eigenvalue weighted by Crippen LogP contribution is 2.31. The standard InChI is InChI=1S/C22H17Cl3N4O2S2/c23-16-6-9-18(10-7-16)33(30,31)26-13-21-27-28-22(32-14-15-4-2-1-3-5-15)29(21)20-12-17(24)8-11-19(20)25/h1-12,26H,13-14H2. The monoisotopic (exact) mass is 538 g/mol. The van der Waals surface area contributed by atoms with E-state index < -0.39 is 10.0 Å². The predicted molar refractivity (Wildman–Crippen MR) is 133 cm³/mol. The van der Waals surface area contributed by atoms with E-state index in [1.807, 2.05) is 30.3 Å². The number of nitrogens with zero attached hydrogens (tertiary/aromatic N) is 3. The Morgan fingerprint density at radius 3 is 2.30 bits per heavy atom. The molecule has 0 atom stereocenters. The van der Waals surface area contributed by atoms with Crippen LogP contribution in [0.15, 0.2) is 82.8 Å². The SMILES string of the molecule is O=S(=O)(NCc1nnc(SCc2ccccc2)n1-c1cc(Cl)ccc1Cl)c1ccc(Cl)cc1. The van der Waals surface area contributed by atoms with Crippen LogP contribution in [0.1, 0.15) is 11.4 Å². The molecule has 1 aromatic heterocycles. The number of sulfonamides is 1. The summed E-state index contributed by atoms with van der Waals surface area (Å²) < 4.78 is 29.8. The lowest BCUT2D eigenvalue weighted by atomic mass is 10.2. The van der Waals surface area contributed by atoms with Crippen LogP contribution in [0.3, 0.4) is 0 Å². The fourth-order valence-electron chi connectivity index (χ4n) is 2.99. The molecule has 0 spiro atoms. The lowest BCUT2D eigenvalue weighted by Gasteiger charge is -2.13. The fourth-order valence-corrected chi connectivity index (χ4v) is 5.38. The third kappa shape index (κ3) is 5.90. The van der Waals surface area contributed by atoms with Crippen LogP contribution in [0.4, 0.5) is 0 Å². The normalized spacial score (nSPS) is 11.6. The lowest BCUT2D eigenvalue weighted by molar-refractivity contribution is 0.578. The van der Waals surface area contributed by atoms with E-state index in [2.05, 4.69) is 14.9 Å². The summed E-state index contributed by atoms with van der Waals surface area (Å²) in [5.41, 5.74) is 1.67. The van der Waals surface area contributed by atoms with Gasteiger partial charge in [0.1, 0.15) is 0 Å². The van der Waals surface area contributed by atoms with Gasteiger partial charge in [0.25, 0.3) is 0 Å². The summed E-state index contributed by atoms with van der Waals surface area (Å²) in [5, 5.41) is 10.4. The Morgan fingerprint density at radius 1 is 0.879 bits per heavy atom. The Bertz CT molecular complexity index is 1360. The Kier molecular flexibility index (Phi) is 7.63. The van der Waals surface area contributed by atoms with Gasteiger partial charge in [-0.05, 0) is 48.0 Å². The number of nitrogens with one attached hydrogen (secondary N) is 1. The van der Waals surface area contributed by atoms with Gasteiger partial charge in [-0.3, -0.25) is 4.57 Å². The van der Waals surface area contributed by atoms with Crippen molar-refractivity contribution in [2.75, 3.05) is 0 Å². The van der Waals surface area contributed by atoms with E-state index in [-0.39, 0.29) is 11.4 Å². The highest BCUT2D eigenvalue weighted by molar-refractivity contribution is 7.98. The highest BCUT2D eigenvalue weighted by Gasteiger charge is 2.20. The van der Waals surface area contributed by atoms with E-state index >= 15 is 0 Å². The zero-order valence-corrected chi connectivity index (χ0v) is 20.9. The van der Waals surface area contributed by atoms with Crippen molar-refractivity contribution in [3.8, 4) is 5.69 Å². The molecule has 3 aromatic carbocycles. The van der Waals surface area contributed by atoms with Crippen molar-refractivity contribution in [2.24, 2.45) is 0 Å². The van der Waals surface area contributed by atoms with Gasteiger partial charge in [-0.1, -0.05) is 76.9 Å². The maximum atomic E-state index is 12.7. The Labute approximate surface area is 211 Å². The molecular formula is C22H17Cl3N4O2S2. The minimum atomic E-state index is -3.79. The van der Waals surface area contributed by atoms with Gasteiger partial charge in [0.05, 0.1) is 22.2 Å². The zero-order chi connectivity index (χ0) is 23.4. The largest absolute Gasteiger partial charge is 0.271 e. The molecule has 0 unspecified atom stereocenters. The minimum Gasteiger partial charge on any atom is -0.271 e. The fraction of sp³-hybridized carbons (Fsp3) is 0.0909. The average Bonchev–Trinajstić information content (AvgIpc) is 3.21. The Balaban J connectivity index is 1.65. The molecule has 0 fully saturated rings. The van der Waals surface area contributed by atoms with Gasteiger partial charge < -0.3 is 0 Å². The first kappa shape index (κ1) is 24.1. The van der Waals surface area contributed by atoms with Gasteiger partial charge in [-0.2, -0.15) is 0 Å². The second kappa shape index (κ2) is 10.5. The summed E-state index contributed by atoms with van der Waals surface area (Å²) >= 11 is 20.0. The van der Waals surface area contributed by atoms with Crippen LogP contribution in [0.2, 0.25) is 15.1 Å². The van der Waals surface area contributed by atoms with Crippen molar-refractivity contribution in [3.05, 3.63) is 99.3 Å². The molecule has 1 N–H and O–H groups in total. The molecule has 4 aromatic rings. The van der Waals surface area contributed by atoms with Crippen LogP contribution < -0.4 is 4.72 Å². The molecule has 0 saturated heterocycles. The maximum Gasteiger partial charge on any atom is 0.240 e. The molecule has 0 aliphatic heterocycles. The van der Waals surface area contributed by atoms with Crippen molar-refractivity contribution < 1.29 is 8.42 Å². The summed E-state index contributed by atoms with van der Waals surface area (Å²) in [5.74, 6) is 1.01. The quantitative estimate of drug-likeness (QED) is 0.278. The summed E-state index contributed by atoms with van der Waals surface area (Å²) in [6.45, 7) is -0.104. The Hall–Kier alpha value is -2.07. The molecule has 0 aliphatic carbocycles. The second-order valence-electron chi connectivity index (χ2n) is 6.88. The molecule has 33 heavy (non-hydrogen) atoms. The number of hydrogen-bond donors (Lipinski definition) is 1. The van der Waals surface area contributed by atoms with E-state index in [0.717, 1.165) is 5.56 Å². The molecule has 6 nitrogen and oxygen atoms in total. The smallest absolute Gasteiger partial charge is 0.240 e. The van der Waals surface area contributed by atoms with Crippen molar-refractivity contribution in [2.45, 2.75) is 22.3 Å². The molecule has 0 saturated carbocycles. The predicted octanol–water partition coefficient (Wildman–Crippen LogP) is 6.00. The first-order valence-corrected chi connectivity index (χ1v) is 13.3. The summed E-state index contributed by atoms with van der Waals surface area (Å²) in [6.07, 6.45) is 0. The van der Waals surface area contributed by atoms with Crippen LogP contribution >= 0.6 is 46.6 Å². The van der Waals surface area contributed by atoms with E-state index in [1.165, 1.54) is 36.0 Å². The molecule has 11 heteroatoms. The minimum absolute atomic E-state index is 0.0948. The van der Waals surface area contributed by atoms with Gasteiger partial charge in [0.2, 0.25) is 10.0 Å². The third-order valence-electron chi connectivity index (χ3n) is 4.60. The summed E-state index contributed by atoms with van der Waals surface area (Å²) in [7, 11) is -3.79. The first-order chi connectivity index (χ1) is 15.8. The van der Waals surface area contributed by atoms with Gasteiger partial charge in [0.15, 0.2) is 11.0 Å². The van der Waals surface area contributed by atoms with Crippen molar-refractivity contribution >= 4 is 56.6 Å². The van der Waals surface area contributed by atoms with Gasteiger partial charge in [0, 0.05) is 15.8 Å². The van der Waals surface area contributed by atoms with E-state index in [9.17, 15) is 8.42 Å². The molecule has 0 radical (unpaired) electrons. The van der Waals surface area contributed by atoms with Crippen LogP contribution in [0.5, 0.6) is 0 Å². The zero-order valence-electron chi connectivity index (χ0n) is 17.0. The van der Waals surface area contributed by atoms with E-state index in [1.54, 1.807) is 22.8 Å². The van der Waals surface area contributed by atoms with Crippen LogP contribution in [-0.4, -0.2) is 23.2 Å². The number of hydrogen-bond acceptors (Lipinski definition) is 5. The molecular weight excluding hydrogens is 523 g/mol. The van der Waals surface area contributed by atoms with Crippen molar-refractivity contribution in [3.63, 3.8) is 0 Å². The number of thioether (sulfide) groups is 1. The van der Waals surface area contributed by atoms with Crippen LogP contribution in [0.25, 0.3) is 5.69 Å². The van der Waals surface area contributed by atoms with Gasteiger partial charge in [-0.15, -0.1) is 10.2 Å².